The van der Waals surface area contributed by atoms with E-state index in [4.69, 9.17) is 5.73 Å². The maximum absolute atomic E-state index is 12.4. The van der Waals surface area contributed by atoms with Crippen molar-refractivity contribution < 1.29 is 4.79 Å². The molecular weight excluding hydrogens is 226 g/mol. The number of rotatable bonds is 2. The van der Waals surface area contributed by atoms with Crippen LogP contribution in [-0.2, 0) is 4.79 Å². The van der Waals surface area contributed by atoms with Crippen LogP contribution >= 0.6 is 0 Å². The lowest BCUT2D eigenvalue weighted by molar-refractivity contribution is -0.134. The molecular formula is C14H21N3O. The van der Waals surface area contributed by atoms with Gasteiger partial charge in [0, 0.05) is 25.2 Å². The van der Waals surface area contributed by atoms with Crippen molar-refractivity contribution in [3.8, 4) is 0 Å². The summed E-state index contributed by atoms with van der Waals surface area (Å²) >= 11 is 0. The molecule has 4 nitrogen and oxygen atoms in total. The summed E-state index contributed by atoms with van der Waals surface area (Å²) < 4.78 is 0. The molecule has 0 aromatic heterocycles. The van der Waals surface area contributed by atoms with Crippen molar-refractivity contribution in [3.05, 3.63) is 35.9 Å². The SMILES string of the molecule is C[C@@H]1CN(C(=O)[C@H](N)c2ccccc2)C[C@@H](C)N1. The molecule has 1 aromatic rings. The van der Waals surface area contributed by atoms with Gasteiger partial charge >= 0.3 is 0 Å². The second-order valence-corrected chi connectivity index (χ2v) is 5.10. The second kappa shape index (κ2) is 5.50. The highest BCUT2D eigenvalue weighted by Crippen LogP contribution is 2.15. The summed E-state index contributed by atoms with van der Waals surface area (Å²) in [7, 11) is 0. The number of nitrogens with one attached hydrogen (secondary N) is 1. The van der Waals surface area contributed by atoms with E-state index in [1.807, 2.05) is 35.2 Å². The van der Waals surface area contributed by atoms with Gasteiger partial charge in [-0.25, -0.2) is 0 Å². The van der Waals surface area contributed by atoms with Gasteiger partial charge < -0.3 is 16.0 Å². The van der Waals surface area contributed by atoms with Crippen molar-refractivity contribution in [2.45, 2.75) is 32.0 Å². The predicted molar refractivity (Wildman–Crippen MR) is 72.0 cm³/mol. The van der Waals surface area contributed by atoms with Gasteiger partial charge in [0.05, 0.1) is 0 Å². The summed E-state index contributed by atoms with van der Waals surface area (Å²) in [4.78, 5) is 14.2. The van der Waals surface area contributed by atoms with Crippen LogP contribution in [0.4, 0.5) is 0 Å². The molecule has 0 bridgehead atoms. The molecule has 1 aromatic carbocycles. The fourth-order valence-corrected chi connectivity index (χ4v) is 2.51. The van der Waals surface area contributed by atoms with Crippen molar-refractivity contribution >= 4 is 5.91 Å². The third-order valence-electron chi connectivity index (χ3n) is 3.29. The molecule has 1 fully saturated rings. The number of carbonyl (C=O) groups excluding carboxylic acids is 1. The molecule has 4 heteroatoms. The lowest BCUT2D eigenvalue weighted by atomic mass is 10.0. The zero-order valence-corrected chi connectivity index (χ0v) is 11.0. The highest BCUT2D eigenvalue weighted by Gasteiger charge is 2.28. The lowest BCUT2D eigenvalue weighted by Crippen LogP contribution is -2.57. The average Bonchev–Trinajstić information content (AvgIpc) is 2.37. The molecule has 3 N–H and O–H groups in total. The van der Waals surface area contributed by atoms with Gasteiger partial charge in [-0.15, -0.1) is 0 Å². The monoisotopic (exact) mass is 247 g/mol. The van der Waals surface area contributed by atoms with Crippen molar-refractivity contribution in [2.24, 2.45) is 5.73 Å². The molecule has 1 heterocycles. The summed E-state index contributed by atoms with van der Waals surface area (Å²) in [6.45, 7) is 5.63. The van der Waals surface area contributed by atoms with Gasteiger partial charge in [-0.2, -0.15) is 0 Å². The fourth-order valence-electron chi connectivity index (χ4n) is 2.51. The summed E-state index contributed by atoms with van der Waals surface area (Å²) in [5.74, 6) is 0.0152. The van der Waals surface area contributed by atoms with Gasteiger partial charge in [-0.05, 0) is 19.4 Å². The highest BCUT2D eigenvalue weighted by molar-refractivity contribution is 5.83. The number of hydrogen-bond acceptors (Lipinski definition) is 3. The van der Waals surface area contributed by atoms with E-state index < -0.39 is 6.04 Å². The number of benzene rings is 1. The van der Waals surface area contributed by atoms with E-state index in [9.17, 15) is 4.79 Å². The van der Waals surface area contributed by atoms with Crippen molar-refractivity contribution in [1.29, 1.82) is 0 Å². The van der Waals surface area contributed by atoms with Gasteiger partial charge in [0.25, 0.3) is 0 Å². The van der Waals surface area contributed by atoms with Crippen LogP contribution in [0.3, 0.4) is 0 Å². The molecule has 1 amide bonds. The van der Waals surface area contributed by atoms with Crippen LogP contribution in [0.25, 0.3) is 0 Å². The molecule has 0 aliphatic carbocycles. The summed E-state index contributed by atoms with van der Waals surface area (Å²) in [6.07, 6.45) is 0. The largest absolute Gasteiger partial charge is 0.338 e. The Bertz CT molecular complexity index is 397. The molecule has 1 aliphatic rings. The third kappa shape index (κ3) is 2.89. The molecule has 0 radical (unpaired) electrons. The number of piperazine rings is 1. The van der Waals surface area contributed by atoms with Crippen LogP contribution in [0.15, 0.2) is 30.3 Å². The minimum absolute atomic E-state index is 0.0152. The van der Waals surface area contributed by atoms with E-state index in [-0.39, 0.29) is 5.91 Å². The Kier molecular flexibility index (Phi) is 3.99. The molecule has 1 aliphatic heterocycles. The normalized spacial score (nSPS) is 25.8. The van der Waals surface area contributed by atoms with E-state index >= 15 is 0 Å². The van der Waals surface area contributed by atoms with E-state index in [0.29, 0.717) is 12.1 Å². The molecule has 0 unspecified atom stereocenters. The lowest BCUT2D eigenvalue weighted by Gasteiger charge is -2.37. The Morgan fingerprint density at radius 3 is 2.39 bits per heavy atom. The topological polar surface area (TPSA) is 58.4 Å². The minimum atomic E-state index is -0.552. The first kappa shape index (κ1) is 13.1. The Morgan fingerprint density at radius 1 is 1.28 bits per heavy atom. The van der Waals surface area contributed by atoms with Gasteiger partial charge in [-0.3, -0.25) is 4.79 Å². The first-order chi connectivity index (χ1) is 8.58. The van der Waals surface area contributed by atoms with Gasteiger partial charge in [0.15, 0.2) is 0 Å². The number of nitrogens with two attached hydrogens (primary N) is 1. The van der Waals surface area contributed by atoms with Crippen LogP contribution in [-0.4, -0.2) is 36.0 Å². The van der Waals surface area contributed by atoms with Gasteiger partial charge in [0.1, 0.15) is 6.04 Å². The van der Waals surface area contributed by atoms with E-state index in [0.717, 1.165) is 18.7 Å². The molecule has 1 saturated heterocycles. The standard InChI is InChI=1S/C14H21N3O/c1-10-8-17(9-11(2)16-10)14(18)13(15)12-6-4-3-5-7-12/h3-7,10-11,13,16H,8-9,15H2,1-2H3/t10-,11-,13-/m1/s1. The van der Waals surface area contributed by atoms with Crippen LogP contribution < -0.4 is 11.1 Å². The maximum Gasteiger partial charge on any atom is 0.244 e. The molecule has 3 atom stereocenters. The Morgan fingerprint density at radius 2 is 1.83 bits per heavy atom. The summed E-state index contributed by atoms with van der Waals surface area (Å²) in [6, 6.07) is 9.63. The zero-order chi connectivity index (χ0) is 13.1. The van der Waals surface area contributed by atoms with Gasteiger partial charge in [0.2, 0.25) is 5.91 Å². The molecule has 0 spiro atoms. The van der Waals surface area contributed by atoms with Crippen molar-refractivity contribution in [2.75, 3.05) is 13.1 Å². The Labute approximate surface area is 108 Å². The van der Waals surface area contributed by atoms with Crippen LogP contribution in [0, 0.1) is 0 Å². The smallest absolute Gasteiger partial charge is 0.244 e. The fraction of sp³-hybridized carbons (Fsp3) is 0.500. The Balaban J connectivity index is 2.07. The molecule has 98 valence electrons. The van der Waals surface area contributed by atoms with Crippen LogP contribution in [0.5, 0.6) is 0 Å². The average molecular weight is 247 g/mol. The quantitative estimate of drug-likeness (QED) is 0.816. The first-order valence-electron chi connectivity index (χ1n) is 6.43. The number of hydrogen-bond donors (Lipinski definition) is 2. The number of amides is 1. The number of nitrogens with zero attached hydrogens (tertiary/aromatic N) is 1. The Hall–Kier alpha value is -1.39. The second-order valence-electron chi connectivity index (χ2n) is 5.10. The van der Waals surface area contributed by atoms with Gasteiger partial charge in [-0.1, -0.05) is 30.3 Å². The highest BCUT2D eigenvalue weighted by atomic mass is 16.2. The van der Waals surface area contributed by atoms with E-state index in [2.05, 4.69) is 19.2 Å². The zero-order valence-electron chi connectivity index (χ0n) is 11.0. The number of carbonyl (C=O) groups is 1. The predicted octanol–water partition coefficient (Wildman–Crippen LogP) is 0.895. The van der Waals surface area contributed by atoms with Crippen molar-refractivity contribution in [3.63, 3.8) is 0 Å². The maximum atomic E-state index is 12.4. The minimum Gasteiger partial charge on any atom is -0.338 e. The van der Waals surface area contributed by atoms with Crippen molar-refractivity contribution in [1.82, 2.24) is 10.2 Å². The summed E-state index contributed by atoms with van der Waals surface area (Å²) in [5.41, 5.74) is 6.92. The molecule has 2 rings (SSSR count). The van der Waals surface area contributed by atoms with Crippen LogP contribution in [0.1, 0.15) is 25.5 Å². The van der Waals surface area contributed by atoms with E-state index in [1.165, 1.54) is 0 Å². The third-order valence-corrected chi connectivity index (χ3v) is 3.29. The summed E-state index contributed by atoms with van der Waals surface area (Å²) in [5, 5.41) is 3.41. The van der Waals surface area contributed by atoms with E-state index in [1.54, 1.807) is 0 Å². The van der Waals surface area contributed by atoms with Crippen LogP contribution in [0.2, 0.25) is 0 Å². The molecule has 0 saturated carbocycles. The molecule has 18 heavy (non-hydrogen) atoms. The first-order valence-corrected chi connectivity index (χ1v) is 6.43.